The van der Waals surface area contributed by atoms with E-state index in [1.165, 1.54) is 0 Å². The fourth-order valence-corrected chi connectivity index (χ4v) is 4.19. The molecule has 168 valence electrons. The van der Waals surface area contributed by atoms with Crippen LogP contribution in [0.15, 0.2) is 69.6 Å². The summed E-state index contributed by atoms with van der Waals surface area (Å²) >= 11 is 7.02. The van der Waals surface area contributed by atoms with Gasteiger partial charge in [-0.2, -0.15) is 0 Å². The van der Waals surface area contributed by atoms with Crippen molar-refractivity contribution in [3.63, 3.8) is 0 Å². The van der Waals surface area contributed by atoms with Crippen LogP contribution in [0, 0.1) is 0 Å². The maximum atomic E-state index is 13.2. The van der Waals surface area contributed by atoms with E-state index in [2.05, 4.69) is 37.2 Å². The van der Waals surface area contributed by atoms with Gasteiger partial charge in [0.05, 0.1) is 4.47 Å². The van der Waals surface area contributed by atoms with E-state index in [9.17, 15) is 9.59 Å². The number of carbonyl (C=O) groups is 2. The second-order valence-corrected chi connectivity index (χ2v) is 9.58. The average Bonchev–Trinajstić information content (AvgIpc) is 2.77. The van der Waals surface area contributed by atoms with Crippen LogP contribution in [-0.4, -0.2) is 35.4 Å². The Morgan fingerprint density at radius 1 is 0.969 bits per heavy atom. The first-order chi connectivity index (χ1) is 15.3. The maximum Gasteiger partial charge on any atom is 0.261 e. The summed E-state index contributed by atoms with van der Waals surface area (Å²) in [6.07, 6.45) is 0. The van der Waals surface area contributed by atoms with Crippen molar-refractivity contribution in [2.45, 2.75) is 39.4 Å². The van der Waals surface area contributed by atoms with Gasteiger partial charge in [-0.1, -0.05) is 58.4 Å². The van der Waals surface area contributed by atoms with Crippen molar-refractivity contribution in [1.82, 2.24) is 10.2 Å². The van der Waals surface area contributed by atoms with Gasteiger partial charge in [0.1, 0.15) is 11.8 Å². The van der Waals surface area contributed by atoms with Crippen LogP contribution < -0.4 is 10.1 Å². The van der Waals surface area contributed by atoms with Crippen molar-refractivity contribution >= 4 is 54.4 Å². The molecule has 0 unspecified atom stereocenters. The summed E-state index contributed by atoms with van der Waals surface area (Å²) in [5, 5.41) is 4.97. The topological polar surface area (TPSA) is 58.6 Å². The number of nitrogens with zero attached hydrogens (tertiary/aromatic N) is 1. The van der Waals surface area contributed by atoms with Crippen molar-refractivity contribution < 1.29 is 14.3 Å². The minimum absolute atomic E-state index is 0.0145. The van der Waals surface area contributed by atoms with Gasteiger partial charge in [-0.3, -0.25) is 9.59 Å². The number of halogens is 2. The fraction of sp³-hybridized carbons (Fsp3) is 0.280. The summed E-state index contributed by atoms with van der Waals surface area (Å²) in [6.45, 7) is 5.66. The molecule has 0 aromatic heterocycles. The quantitative estimate of drug-likeness (QED) is 0.384. The molecule has 0 saturated carbocycles. The highest BCUT2D eigenvalue weighted by atomic mass is 79.9. The lowest BCUT2D eigenvalue weighted by Gasteiger charge is -2.29. The van der Waals surface area contributed by atoms with E-state index in [0.717, 1.165) is 25.3 Å². The number of ether oxygens (including phenoxy) is 1. The number of fused-ring (bicyclic) bond motifs is 1. The number of benzene rings is 3. The van der Waals surface area contributed by atoms with Crippen molar-refractivity contribution in [3.8, 4) is 5.75 Å². The highest BCUT2D eigenvalue weighted by Gasteiger charge is 2.27. The molecule has 0 bridgehead atoms. The van der Waals surface area contributed by atoms with Crippen LogP contribution in [-0.2, 0) is 16.1 Å². The Labute approximate surface area is 205 Å². The number of hydrogen-bond acceptors (Lipinski definition) is 3. The van der Waals surface area contributed by atoms with Crippen LogP contribution in [0.5, 0.6) is 5.75 Å². The Morgan fingerprint density at radius 3 is 2.34 bits per heavy atom. The van der Waals surface area contributed by atoms with Gasteiger partial charge < -0.3 is 15.0 Å². The van der Waals surface area contributed by atoms with Crippen LogP contribution >= 0.6 is 31.9 Å². The molecule has 5 nitrogen and oxygen atoms in total. The Balaban J connectivity index is 1.78. The van der Waals surface area contributed by atoms with Gasteiger partial charge in [0.25, 0.3) is 5.91 Å². The normalized spacial score (nSPS) is 11.9. The first-order valence-electron chi connectivity index (χ1n) is 10.4. The van der Waals surface area contributed by atoms with Crippen LogP contribution in [0.3, 0.4) is 0 Å². The Hall–Kier alpha value is -2.38. The molecule has 0 heterocycles. The third-order valence-electron chi connectivity index (χ3n) is 5.04. The molecular formula is C25H26Br2N2O3. The third-order valence-corrected chi connectivity index (χ3v) is 6.39. The summed E-state index contributed by atoms with van der Waals surface area (Å²) < 4.78 is 7.63. The molecule has 0 aliphatic heterocycles. The molecule has 0 aliphatic carbocycles. The summed E-state index contributed by atoms with van der Waals surface area (Å²) in [6, 6.07) is 18.8. The van der Waals surface area contributed by atoms with E-state index in [0.29, 0.717) is 12.3 Å². The molecule has 0 fully saturated rings. The van der Waals surface area contributed by atoms with Crippen molar-refractivity contribution in [2.24, 2.45) is 0 Å². The van der Waals surface area contributed by atoms with Gasteiger partial charge >= 0.3 is 0 Å². The smallest absolute Gasteiger partial charge is 0.261 e. The Morgan fingerprint density at radius 2 is 1.66 bits per heavy atom. The van der Waals surface area contributed by atoms with E-state index in [1.54, 1.807) is 11.8 Å². The highest BCUT2D eigenvalue weighted by molar-refractivity contribution is 9.11. The molecule has 3 rings (SSSR count). The summed E-state index contributed by atoms with van der Waals surface area (Å²) in [5.41, 5.74) is 0.928. The van der Waals surface area contributed by atoms with Crippen LogP contribution in [0.25, 0.3) is 10.8 Å². The molecule has 2 amide bonds. The number of amides is 2. The second kappa shape index (κ2) is 11.0. The number of hydrogen-bond donors (Lipinski definition) is 1. The zero-order chi connectivity index (χ0) is 23.3. The van der Waals surface area contributed by atoms with Gasteiger partial charge in [-0.25, -0.2) is 0 Å². The maximum absolute atomic E-state index is 13.2. The van der Waals surface area contributed by atoms with E-state index in [-0.39, 0.29) is 24.5 Å². The van der Waals surface area contributed by atoms with Gasteiger partial charge in [0.2, 0.25) is 5.91 Å². The monoisotopic (exact) mass is 560 g/mol. The number of carbonyl (C=O) groups excluding carboxylic acids is 2. The lowest BCUT2D eigenvalue weighted by Crippen LogP contribution is -2.50. The second-order valence-electron chi connectivity index (χ2n) is 7.87. The molecule has 3 aromatic rings. The molecule has 0 radical (unpaired) electrons. The summed E-state index contributed by atoms with van der Waals surface area (Å²) in [5.74, 6) is 0.122. The number of nitrogens with one attached hydrogen (secondary N) is 1. The van der Waals surface area contributed by atoms with Crippen LogP contribution in [0.4, 0.5) is 0 Å². The molecule has 0 saturated heterocycles. The Bertz CT molecular complexity index is 1100. The third kappa shape index (κ3) is 6.11. The van der Waals surface area contributed by atoms with E-state index >= 15 is 0 Å². The molecular weight excluding hydrogens is 536 g/mol. The minimum Gasteiger partial charge on any atom is -0.483 e. The minimum atomic E-state index is -0.641. The molecule has 1 N–H and O–H groups in total. The predicted molar refractivity (Wildman–Crippen MR) is 135 cm³/mol. The van der Waals surface area contributed by atoms with Gasteiger partial charge in [0, 0.05) is 17.1 Å². The largest absolute Gasteiger partial charge is 0.483 e. The van der Waals surface area contributed by atoms with Gasteiger partial charge in [-0.15, -0.1) is 0 Å². The average molecular weight is 562 g/mol. The molecule has 0 spiro atoms. The molecule has 32 heavy (non-hydrogen) atoms. The predicted octanol–water partition coefficient (Wildman–Crippen LogP) is 5.69. The molecule has 3 aromatic carbocycles. The lowest BCUT2D eigenvalue weighted by molar-refractivity contribution is -0.142. The first kappa shape index (κ1) is 24.3. The number of rotatable bonds is 8. The summed E-state index contributed by atoms with van der Waals surface area (Å²) in [4.78, 5) is 27.4. The zero-order valence-electron chi connectivity index (χ0n) is 18.3. The fourth-order valence-electron chi connectivity index (χ4n) is 3.32. The SMILES string of the molecule is CC(C)NC(=O)[C@H](C)N(Cc1ccc(Br)cc1)C(=O)COc1ccc2ccccc2c1Br. The van der Waals surface area contributed by atoms with Gasteiger partial charge in [-0.05, 0) is 71.2 Å². The zero-order valence-corrected chi connectivity index (χ0v) is 21.4. The van der Waals surface area contributed by atoms with Crippen molar-refractivity contribution in [2.75, 3.05) is 6.61 Å². The molecule has 1 atom stereocenters. The van der Waals surface area contributed by atoms with E-state index in [4.69, 9.17) is 4.74 Å². The Kier molecular flexibility index (Phi) is 8.32. The van der Waals surface area contributed by atoms with Crippen LogP contribution in [0.1, 0.15) is 26.3 Å². The molecule has 7 heteroatoms. The lowest BCUT2D eigenvalue weighted by atomic mass is 10.1. The molecule has 0 aliphatic rings. The first-order valence-corrected chi connectivity index (χ1v) is 12.0. The standard InChI is InChI=1S/C25H26Br2N2O3/c1-16(2)28-25(31)17(3)29(14-18-8-11-20(26)12-9-18)23(30)15-32-22-13-10-19-6-4-5-7-21(19)24(22)27/h4-13,16-17H,14-15H2,1-3H3,(H,28,31)/t17-/m0/s1. The van der Waals surface area contributed by atoms with E-state index < -0.39 is 6.04 Å². The van der Waals surface area contributed by atoms with E-state index in [1.807, 2.05) is 74.5 Å². The van der Waals surface area contributed by atoms with Crippen LogP contribution in [0.2, 0.25) is 0 Å². The van der Waals surface area contributed by atoms with Crippen molar-refractivity contribution in [3.05, 3.63) is 75.2 Å². The van der Waals surface area contributed by atoms with Gasteiger partial charge in [0.15, 0.2) is 6.61 Å². The summed E-state index contributed by atoms with van der Waals surface area (Å²) in [7, 11) is 0. The van der Waals surface area contributed by atoms with Crippen molar-refractivity contribution in [1.29, 1.82) is 0 Å². The highest BCUT2D eigenvalue weighted by Crippen LogP contribution is 2.33.